The maximum absolute atomic E-state index is 13.0. The monoisotopic (exact) mass is 682 g/mol. The van der Waals surface area contributed by atoms with Gasteiger partial charge in [0.15, 0.2) is 12.0 Å². The van der Waals surface area contributed by atoms with Crippen molar-refractivity contribution in [3.8, 4) is 5.69 Å². The molecule has 0 aliphatic carbocycles. The van der Waals surface area contributed by atoms with Gasteiger partial charge < -0.3 is 24.4 Å². The van der Waals surface area contributed by atoms with Crippen molar-refractivity contribution < 1.29 is 154 Å². The Bertz CT molecular complexity index is 1930. The van der Waals surface area contributed by atoms with Gasteiger partial charge in [-0.05, 0) is 60.7 Å². The Hall–Kier alpha value is -1.45. The molecule has 0 bridgehead atoms. The third kappa shape index (κ3) is 8.43. The standard InChI is InChI=1S/C23H18N4O12S2.2K/c28-20-16(18(22(30)31)24-26(20)12-4-8-14(9-5-12)40(34,35)36)2-1-3-17-19(23(32)33)25-27(21(17)29)13-6-10-15(11-7-13)41(37,38)39;;/h1-11,22,24,30-31H,(H,32,33)(H,34,35,36)(H,37,38,39);;/q;2*+1/p-2/b2-1+,17-3-;;. The predicted molar refractivity (Wildman–Crippen MR) is 136 cm³/mol. The van der Waals surface area contributed by atoms with Gasteiger partial charge in [0.1, 0.15) is 25.9 Å². The molecule has 1 aromatic heterocycles. The topological polar surface area (TPSA) is 263 Å². The average molecular weight is 683 g/mol. The molecule has 0 saturated heterocycles. The number of hydrogen-bond donors (Lipinski definition) is 4. The van der Waals surface area contributed by atoms with E-state index in [0.29, 0.717) is 5.01 Å². The van der Waals surface area contributed by atoms with Crippen molar-refractivity contribution in [1.29, 1.82) is 0 Å². The molecule has 2 aromatic carbocycles. The summed E-state index contributed by atoms with van der Waals surface area (Å²) in [6.45, 7) is 0. The first-order chi connectivity index (χ1) is 19.1. The van der Waals surface area contributed by atoms with Crippen molar-refractivity contribution in [2.75, 3.05) is 5.01 Å². The van der Waals surface area contributed by atoms with Crippen molar-refractivity contribution >= 4 is 49.6 Å². The van der Waals surface area contributed by atoms with Crippen LogP contribution in [-0.4, -0.2) is 68.6 Å². The minimum atomic E-state index is -4.77. The number of allylic oxidation sites excluding steroid dienone is 2. The fourth-order valence-corrected chi connectivity index (χ4v) is 4.60. The van der Waals surface area contributed by atoms with Crippen LogP contribution >= 0.6 is 0 Å². The van der Waals surface area contributed by atoms with Crippen molar-refractivity contribution in [1.82, 2.24) is 9.78 Å². The normalized spacial score (nSPS) is 14.6. The number of aromatic amines is 1. The van der Waals surface area contributed by atoms with Gasteiger partial charge in [-0.25, -0.2) is 26.3 Å². The SMILES string of the molecule is O=C(O)C1=NN(c2ccc(S(=O)(=O)[O-])cc2)C(=O)/C1=C\C=C\c1c(C(O)O)[nH]n(-c2ccc(S(=O)(=O)[O-])cc2)c1=O.[K+].[K+]. The minimum Gasteiger partial charge on any atom is -0.744 e. The van der Waals surface area contributed by atoms with Crippen molar-refractivity contribution in [3.05, 3.63) is 87.9 Å². The van der Waals surface area contributed by atoms with Crippen molar-refractivity contribution in [2.45, 2.75) is 16.1 Å². The van der Waals surface area contributed by atoms with Gasteiger partial charge in [0.25, 0.3) is 11.5 Å². The van der Waals surface area contributed by atoms with Gasteiger partial charge in [-0.1, -0.05) is 6.08 Å². The Kier molecular flexibility index (Phi) is 13.0. The number of carbonyl (C=O) groups excluding carboxylic acids is 1. The Labute approximate surface area is 327 Å². The molecule has 4 N–H and O–H groups in total. The molecule has 1 aliphatic heterocycles. The maximum atomic E-state index is 13.0. The van der Waals surface area contributed by atoms with E-state index < -0.39 is 70.7 Å². The molecule has 1 amide bonds. The van der Waals surface area contributed by atoms with Crippen LogP contribution in [0.5, 0.6) is 0 Å². The number of aliphatic hydroxyl groups excluding tert-OH is 1. The van der Waals surface area contributed by atoms with E-state index in [-0.39, 0.29) is 120 Å². The minimum absolute atomic E-state index is 0. The first kappa shape index (κ1) is 37.7. The van der Waals surface area contributed by atoms with E-state index in [2.05, 4.69) is 10.2 Å². The second-order valence-corrected chi connectivity index (χ2v) is 10.9. The van der Waals surface area contributed by atoms with Gasteiger partial charge in [0.2, 0.25) is 0 Å². The summed E-state index contributed by atoms with van der Waals surface area (Å²) in [4.78, 5) is 36.5. The van der Waals surface area contributed by atoms with E-state index >= 15 is 0 Å². The third-order valence-corrected chi connectivity index (χ3v) is 7.27. The van der Waals surface area contributed by atoms with Crippen LogP contribution in [0.25, 0.3) is 11.8 Å². The zero-order valence-corrected chi connectivity index (χ0v) is 30.0. The maximum Gasteiger partial charge on any atom is 1.00 e. The van der Waals surface area contributed by atoms with Crippen molar-refractivity contribution in [2.24, 2.45) is 5.10 Å². The first-order valence-corrected chi connectivity index (χ1v) is 13.8. The zero-order valence-electron chi connectivity index (χ0n) is 22.1. The van der Waals surface area contributed by atoms with E-state index in [4.69, 9.17) is 0 Å². The summed E-state index contributed by atoms with van der Waals surface area (Å²) >= 11 is 0. The van der Waals surface area contributed by atoms with Gasteiger partial charge in [-0.3, -0.25) is 14.7 Å². The largest absolute Gasteiger partial charge is 1.00 e. The molecule has 214 valence electrons. The van der Waals surface area contributed by atoms with E-state index in [1.54, 1.807) is 0 Å². The number of aliphatic carboxylic acids is 1. The molecule has 0 unspecified atom stereocenters. The summed E-state index contributed by atoms with van der Waals surface area (Å²) in [6, 6.07) is 8.08. The number of H-pyrrole nitrogens is 1. The number of anilines is 1. The van der Waals surface area contributed by atoms with Crippen LogP contribution in [0.1, 0.15) is 17.5 Å². The molecule has 0 fully saturated rings. The molecule has 43 heavy (non-hydrogen) atoms. The van der Waals surface area contributed by atoms with E-state index in [9.17, 15) is 55.6 Å². The van der Waals surface area contributed by atoms with Gasteiger partial charge in [0, 0.05) is 0 Å². The van der Waals surface area contributed by atoms with Crippen LogP contribution < -0.4 is 113 Å². The smallest absolute Gasteiger partial charge is 0.744 e. The van der Waals surface area contributed by atoms with E-state index in [0.717, 1.165) is 71.4 Å². The van der Waals surface area contributed by atoms with Crippen LogP contribution in [0.3, 0.4) is 0 Å². The number of nitrogens with zero attached hydrogens (tertiary/aromatic N) is 3. The molecule has 2 heterocycles. The first-order valence-electron chi connectivity index (χ1n) is 11.0. The summed E-state index contributed by atoms with van der Waals surface area (Å²) in [5.74, 6) is -2.55. The fourth-order valence-electron chi connectivity index (χ4n) is 3.66. The number of carboxylic acid groups (broad SMARTS) is 1. The molecule has 1 aliphatic rings. The van der Waals surface area contributed by atoms with Gasteiger partial charge in [-0.15, -0.1) is 0 Å². The molecule has 0 saturated carbocycles. The van der Waals surface area contributed by atoms with Crippen LogP contribution in [0.15, 0.2) is 85.9 Å². The quantitative estimate of drug-likeness (QED) is 0.0748. The number of amides is 1. The second-order valence-electron chi connectivity index (χ2n) is 8.16. The van der Waals surface area contributed by atoms with Crippen LogP contribution in [0, 0.1) is 0 Å². The Morgan fingerprint density at radius 1 is 0.884 bits per heavy atom. The molecule has 0 radical (unpaired) electrons. The Balaban J connectivity index is 0.00000323. The van der Waals surface area contributed by atoms with Crippen molar-refractivity contribution in [3.63, 3.8) is 0 Å². The molecule has 16 nitrogen and oxygen atoms in total. The molecular weight excluding hydrogens is 667 g/mol. The molecule has 0 atom stereocenters. The Morgan fingerprint density at radius 2 is 1.37 bits per heavy atom. The number of rotatable bonds is 8. The van der Waals surface area contributed by atoms with E-state index in [1.165, 1.54) is 0 Å². The second kappa shape index (κ2) is 14.8. The summed E-state index contributed by atoms with van der Waals surface area (Å²) in [5.41, 5.74) is -2.79. The number of aromatic nitrogens is 2. The molecule has 4 rings (SSSR count). The van der Waals surface area contributed by atoms with Crippen LogP contribution in [-0.2, 0) is 29.8 Å². The summed E-state index contributed by atoms with van der Waals surface area (Å²) in [6.07, 6.45) is 0.898. The number of hydrazone groups is 1. The van der Waals surface area contributed by atoms with Crippen LogP contribution in [0.2, 0.25) is 0 Å². The molecule has 20 heteroatoms. The fraction of sp³-hybridized carbons (Fsp3) is 0.0435. The zero-order chi connectivity index (χ0) is 30.3. The predicted octanol–water partition coefficient (Wildman–Crippen LogP) is -6.61. The van der Waals surface area contributed by atoms with Gasteiger partial charge >= 0.3 is 109 Å². The number of benzene rings is 2. The summed E-state index contributed by atoms with van der Waals surface area (Å²) in [5, 5.41) is 35.8. The van der Waals surface area contributed by atoms with E-state index in [1.807, 2.05) is 0 Å². The van der Waals surface area contributed by atoms with Gasteiger partial charge in [-0.2, -0.15) is 10.1 Å². The number of aliphatic hydroxyl groups is 2. The van der Waals surface area contributed by atoms with Gasteiger partial charge in [0.05, 0.1) is 32.3 Å². The summed E-state index contributed by atoms with van der Waals surface area (Å²) in [7, 11) is -9.53. The van der Waals surface area contributed by atoms with Crippen LogP contribution in [0.4, 0.5) is 5.69 Å². The third-order valence-electron chi connectivity index (χ3n) is 5.57. The summed E-state index contributed by atoms with van der Waals surface area (Å²) < 4.78 is 67.6. The number of carboxylic acids is 1. The average Bonchev–Trinajstić information content (AvgIpc) is 3.40. The Morgan fingerprint density at radius 3 is 1.81 bits per heavy atom. The molecular formula is C23H16K2N4O12S2. The number of nitrogens with one attached hydrogen (secondary N) is 1. The number of hydrogen-bond acceptors (Lipinski definition) is 12. The number of carbonyl (C=O) groups is 2. The molecule has 0 spiro atoms. The molecule has 3 aromatic rings.